The smallest absolute Gasteiger partial charge is 0.304 e. The van der Waals surface area contributed by atoms with E-state index in [-0.39, 0.29) is 18.5 Å². The van der Waals surface area contributed by atoms with Crippen molar-refractivity contribution in [2.24, 2.45) is 0 Å². The summed E-state index contributed by atoms with van der Waals surface area (Å²) >= 11 is 6.31. The van der Waals surface area contributed by atoms with E-state index in [1.807, 2.05) is 27.7 Å². The number of aryl methyl sites for hydroxylation is 2. The number of halogens is 1. The fourth-order valence-electron chi connectivity index (χ4n) is 2.94. The number of amides is 3. The first kappa shape index (κ1) is 15.8. The SMILES string of the molecule is CCn1nc(C)c(Cl)c1CN1C(=O)NC(=O)C1(CC)CC. The summed E-state index contributed by atoms with van der Waals surface area (Å²) in [7, 11) is 0. The molecule has 1 aromatic heterocycles. The second-order valence-electron chi connectivity index (χ2n) is 5.25. The number of carbonyl (C=O) groups is 2. The molecule has 116 valence electrons. The molecule has 1 saturated heterocycles. The lowest BCUT2D eigenvalue weighted by Gasteiger charge is -2.33. The largest absolute Gasteiger partial charge is 0.325 e. The average molecular weight is 313 g/mol. The Morgan fingerprint density at radius 3 is 2.38 bits per heavy atom. The van der Waals surface area contributed by atoms with Crippen molar-refractivity contribution in [1.29, 1.82) is 0 Å². The predicted octanol–water partition coefficient (Wildman–Crippen LogP) is 2.48. The molecule has 0 aromatic carbocycles. The monoisotopic (exact) mass is 312 g/mol. The highest BCUT2D eigenvalue weighted by Gasteiger charge is 2.50. The Morgan fingerprint density at radius 1 is 1.24 bits per heavy atom. The van der Waals surface area contributed by atoms with Gasteiger partial charge in [0, 0.05) is 6.54 Å². The van der Waals surface area contributed by atoms with Crippen LogP contribution < -0.4 is 5.32 Å². The van der Waals surface area contributed by atoms with E-state index in [0.717, 1.165) is 11.4 Å². The van der Waals surface area contributed by atoms with E-state index in [2.05, 4.69) is 10.4 Å². The van der Waals surface area contributed by atoms with Crippen LogP contribution in [0.4, 0.5) is 4.79 Å². The first-order valence-electron chi connectivity index (χ1n) is 7.26. The Balaban J connectivity index is 2.42. The predicted molar refractivity (Wildman–Crippen MR) is 80.0 cm³/mol. The van der Waals surface area contributed by atoms with Crippen molar-refractivity contribution < 1.29 is 9.59 Å². The molecule has 1 fully saturated rings. The summed E-state index contributed by atoms with van der Waals surface area (Å²) < 4.78 is 1.78. The number of nitrogens with zero attached hydrogens (tertiary/aromatic N) is 3. The van der Waals surface area contributed by atoms with Crippen LogP contribution in [-0.2, 0) is 17.9 Å². The third-order valence-corrected chi connectivity index (χ3v) is 4.83. The van der Waals surface area contributed by atoms with Gasteiger partial charge in [0.05, 0.1) is 23.0 Å². The van der Waals surface area contributed by atoms with Gasteiger partial charge in [-0.05, 0) is 26.7 Å². The number of aromatic nitrogens is 2. The van der Waals surface area contributed by atoms with Crippen LogP contribution in [0.5, 0.6) is 0 Å². The van der Waals surface area contributed by atoms with E-state index in [1.165, 1.54) is 0 Å². The first-order valence-corrected chi connectivity index (χ1v) is 7.63. The molecule has 21 heavy (non-hydrogen) atoms. The zero-order valence-corrected chi connectivity index (χ0v) is 13.6. The van der Waals surface area contributed by atoms with Crippen LogP contribution in [0.3, 0.4) is 0 Å². The summed E-state index contributed by atoms with van der Waals surface area (Å²) in [5.41, 5.74) is 0.711. The second kappa shape index (κ2) is 5.67. The van der Waals surface area contributed by atoms with E-state index in [9.17, 15) is 9.59 Å². The lowest BCUT2D eigenvalue weighted by molar-refractivity contribution is -0.127. The topological polar surface area (TPSA) is 67.2 Å². The molecule has 6 nitrogen and oxygen atoms in total. The van der Waals surface area contributed by atoms with Gasteiger partial charge in [0.25, 0.3) is 5.91 Å². The maximum atomic E-state index is 12.2. The Kier molecular flexibility index (Phi) is 4.27. The average Bonchev–Trinajstić information content (AvgIpc) is 2.87. The summed E-state index contributed by atoms with van der Waals surface area (Å²) in [5.74, 6) is -0.229. The van der Waals surface area contributed by atoms with Gasteiger partial charge in [-0.15, -0.1) is 0 Å². The van der Waals surface area contributed by atoms with E-state index in [1.54, 1.807) is 9.58 Å². The van der Waals surface area contributed by atoms with Crippen molar-refractivity contribution in [3.8, 4) is 0 Å². The maximum absolute atomic E-state index is 12.2. The molecule has 1 aliphatic heterocycles. The van der Waals surface area contributed by atoms with E-state index in [4.69, 9.17) is 11.6 Å². The van der Waals surface area contributed by atoms with Crippen LogP contribution in [-0.4, -0.2) is 32.2 Å². The normalized spacial score (nSPS) is 17.5. The third kappa shape index (κ3) is 2.31. The molecule has 0 atom stereocenters. The highest BCUT2D eigenvalue weighted by molar-refractivity contribution is 6.31. The zero-order valence-electron chi connectivity index (χ0n) is 12.9. The van der Waals surface area contributed by atoms with Crippen molar-refractivity contribution in [1.82, 2.24) is 20.0 Å². The molecular formula is C14H21ClN4O2. The van der Waals surface area contributed by atoms with Gasteiger partial charge in [-0.1, -0.05) is 25.4 Å². The Labute approximate surface area is 129 Å². The van der Waals surface area contributed by atoms with Crippen molar-refractivity contribution >= 4 is 23.5 Å². The minimum absolute atomic E-state index is 0.229. The molecule has 0 spiro atoms. The van der Waals surface area contributed by atoms with Crippen LogP contribution in [0, 0.1) is 6.92 Å². The van der Waals surface area contributed by atoms with Gasteiger partial charge in [-0.25, -0.2) is 4.79 Å². The van der Waals surface area contributed by atoms with Crippen LogP contribution in [0.25, 0.3) is 0 Å². The van der Waals surface area contributed by atoms with Crippen LogP contribution >= 0.6 is 11.6 Å². The van der Waals surface area contributed by atoms with Gasteiger partial charge in [0.1, 0.15) is 5.54 Å². The second-order valence-corrected chi connectivity index (χ2v) is 5.62. The zero-order chi connectivity index (χ0) is 15.8. The molecule has 2 rings (SSSR count). The Bertz CT molecular complexity index is 578. The molecule has 0 unspecified atom stereocenters. The summed E-state index contributed by atoms with van der Waals surface area (Å²) in [6, 6.07) is -0.360. The number of hydrogen-bond acceptors (Lipinski definition) is 3. The lowest BCUT2D eigenvalue weighted by Crippen LogP contribution is -2.48. The molecule has 1 aliphatic rings. The third-order valence-electron chi connectivity index (χ3n) is 4.34. The van der Waals surface area contributed by atoms with Gasteiger partial charge in [-0.2, -0.15) is 5.10 Å². The van der Waals surface area contributed by atoms with E-state index < -0.39 is 5.54 Å². The molecule has 3 amide bonds. The number of nitrogens with one attached hydrogen (secondary N) is 1. The maximum Gasteiger partial charge on any atom is 0.325 e. The minimum atomic E-state index is -0.794. The molecule has 0 radical (unpaired) electrons. The Morgan fingerprint density at radius 2 is 1.86 bits per heavy atom. The van der Waals surface area contributed by atoms with Crippen molar-refractivity contribution in [2.75, 3.05) is 0 Å². The van der Waals surface area contributed by atoms with Gasteiger partial charge >= 0.3 is 6.03 Å². The summed E-state index contributed by atoms with van der Waals surface area (Å²) in [5, 5.41) is 7.33. The highest BCUT2D eigenvalue weighted by atomic mass is 35.5. The van der Waals surface area contributed by atoms with Crippen LogP contribution in [0.2, 0.25) is 5.02 Å². The van der Waals surface area contributed by atoms with E-state index >= 15 is 0 Å². The van der Waals surface area contributed by atoms with E-state index in [0.29, 0.717) is 24.4 Å². The number of imide groups is 1. The quantitative estimate of drug-likeness (QED) is 0.849. The molecule has 7 heteroatoms. The molecular weight excluding hydrogens is 292 g/mol. The number of rotatable bonds is 5. The Hall–Kier alpha value is -1.56. The number of urea groups is 1. The van der Waals surface area contributed by atoms with Gasteiger partial charge in [-0.3, -0.25) is 14.8 Å². The van der Waals surface area contributed by atoms with Gasteiger partial charge in [0.15, 0.2) is 0 Å². The van der Waals surface area contributed by atoms with Crippen LogP contribution in [0.1, 0.15) is 45.0 Å². The van der Waals surface area contributed by atoms with Gasteiger partial charge in [0.2, 0.25) is 0 Å². The van der Waals surface area contributed by atoms with Crippen molar-refractivity contribution in [3.05, 3.63) is 16.4 Å². The molecule has 0 bridgehead atoms. The number of hydrogen-bond donors (Lipinski definition) is 1. The first-order chi connectivity index (χ1) is 9.91. The summed E-state index contributed by atoms with van der Waals surface area (Å²) in [6.45, 7) is 8.58. The highest BCUT2D eigenvalue weighted by Crippen LogP contribution is 2.32. The molecule has 1 aromatic rings. The minimum Gasteiger partial charge on any atom is -0.304 e. The number of carbonyl (C=O) groups excluding carboxylic acids is 2. The van der Waals surface area contributed by atoms with Gasteiger partial charge < -0.3 is 4.90 Å². The standard InChI is InChI=1S/C14H21ClN4O2/c1-5-14(6-2)12(20)16-13(21)18(14)8-10-11(15)9(4)17-19(10)7-3/h5-8H2,1-4H3,(H,16,20,21). The summed E-state index contributed by atoms with van der Waals surface area (Å²) in [6.07, 6.45) is 1.13. The fourth-order valence-corrected chi connectivity index (χ4v) is 3.14. The molecule has 2 heterocycles. The molecule has 1 N–H and O–H groups in total. The van der Waals surface area contributed by atoms with Crippen LogP contribution in [0.15, 0.2) is 0 Å². The summed E-state index contributed by atoms with van der Waals surface area (Å²) in [4.78, 5) is 25.9. The molecule has 0 aliphatic carbocycles. The lowest BCUT2D eigenvalue weighted by atomic mass is 9.91. The van der Waals surface area contributed by atoms with Crippen molar-refractivity contribution in [2.45, 2.75) is 59.2 Å². The fraction of sp³-hybridized carbons (Fsp3) is 0.643. The van der Waals surface area contributed by atoms with Crippen molar-refractivity contribution in [3.63, 3.8) is 0 Å². The molecule has 0 saturated carbocycles.